The molecule has 1 rings (SSSR count). The molecule has 0 amide bonds. The molecule has 0 aliphatic carbocycles. The Bertz CT molecular complexity index is 371. The fourth-order valence-electron chi connectivity index (χ4n) is 1.12. The third kappa shape index (κ3) is 3.16. The Kier molecular flexibility index (Phi) is 4.65. The molecule has 0 atom stereocenters. The van der Waals surface area contributed by atoms with Crippen LogP contribution in [0.4, 0.5) is 10.2 Å². The minimum absolute atomic E-state index is 0.0698. The average molecular weight is 228 g/mol. The topological polar surface area (TPSA) is 71.5 Å². The highest BCUT2D eigenvalue weighted by atomic mass is 19.1. The van der Waals surface area contributed by atoms with Crippen molar-refractivity contribution < 1.29 is 19.0 Å². The number of nitrogens with zero attached hydrogens (tertiary/aromatic N) is 1. The SMILES string of the molecule is CCOCCNc1nccc(C(=O)O)c1F. The summed E-state index contributed by atoms with van der Waals surface area (Å²) in [5, 5.41) is 11.3. The van der Waals surface area contributed by atoms with Gasteiger partial charge in [0.2, 0.25) is 0 Å². The van der Waals surface area contributed by atoms with Crippen molar-refractivity contribution >= 4 is 11.8 Å². The maximum Gasteiger partial charge on any atom is 0.338 e. The van der Waals surface area contributed by atoms with Crippen LogP contribution in [0, 0.1) is 5.82 Å². The van der Waals surface area contributed by atoms with Gasteiger partial charge in [0.05, 0.1) is 6.61 Å². The van der Waals surface area contributed by atoms with Crippen molar-refractivity contribution in [3.8, 4) is 0 Å². The van der Waals surface area contributed by atoms with Gasteiger partial charge in [0.1, 0.15) is 5.56 Å². The van der Waals surface area contributed by atoms with Gasteiger partial charge < -0.3 is 15.2 Å². The van der Waals surface area contributed by atoms with Crippen LogP contribution < -0.4 is 5.32 Å². The van der Waals surface area contributed by atoms with E-state index in [0.29, 0.717) is 19.8 Å². The van der Waals surface area contributed by atoms with Crippen LogP contribution in [-0.2, 0) is 4.74 Å². The number of halogens is 1. The molecule has 1 heterocycles. The molecule has 88 valence electrons. The van der Waals surface area contributed by atoms with E-state index in [1.165, 1.54) is 6.20 Å². The molecule has 6 heteroatoms. The molecule has 16 heavy (non-hydrogen) atoms. The van der Waals surface area contributed by atoms with Crippen LogP contribution in [0.3, 0.4) is 0 Å². The van der Waals surface area contributed by atoms with Crippen molar-refractivity contribution in [3.63, 3.8) is 0 Å². The summed E-state index contributed by atoms with van der Waals surface area (Å²) in [6.07, 6.45) is 1.25. The molecule has 0 fully saturated rings. The molecule has 5 nitrogen and oxygen atoms in total. The number of aromatic nitrogens is 1. The van der Waals surface area contributed by atoms with E-state index >= 15 is 0 Å². The number of carboxylic acid groups (broad SMARTS) is 1. The fraction of sp³-hybridized carbons (Fsp3) is 0.400. The van der Waals surface area contributed by atoms with Crippen LogP contribution in [0.2, 0.25) is 0 Å². The average Bonchev–Trinajstić information content (AvgIpc) is 2.26. The highest BCUT2D eigenvalue weighted by Gasteiger charge is 2.14. The second-order valence-corrected chi connectivity index (χ2v) is 2.95. The van der Waals surface area contributed by atoms with Gasteiger partial charge in [0, 0.05) is 19.3 Å². The molecule has 0 saturated carbocycles. The zero-order valence-corrected chi connectivity index (χ0v) is 8.86. The maximum absolute atomic E-state index is 13.5. The molecule has 2 N–H and O–H groups in total. The van der Waals surface area contributed by atoms with Gasteiger partial charge in [0.25, 0.3) is 0 Å². The van der Waals surface area contributed by atoms with Gasteiger partial charge in [-0.2, -0.15) is 0 Å². The molecule has 0 spiro atoms. The van der Waals surface area contributed by atoms with E-state index in [1.54, 1.807) is 0 Å². The lowest BCUT2D eigenvalue weighted by Gasteiger charge is -2.07. The van der Waals surface area contributed by atoms with E-state index in [0.717, 1.165) is 6.07 Å². The first-order chi connectivity index (χ1) is 7.66. The van der Waals surface area contributed by atoms with Gasteiger partial charge in [0.15, 0.2) is 11.6 Å². The lowest BCUT2D eigenvalue weighted by molar-refractivity contribution is 0.0692. The summed E-state index contributed by atoms with van der Waals surface area (Å²) >= 11 is 0. The molecule has 0 unspecified atom stereocenters. The third-order valence-corrected chi connectivity index (χ3v) is 1.86. The van der Waals surface area contributed by atoms with E-state index in [2.05, 4.69) is 10.3 Å². The molecular formula is C10H13FN2O3. The molecule has 1 aromatic rings. The zero-order chi connectivity index (χ0) is 12.0. The molecule has 0 bridgehead atoms. The number of aromatic carboxylic acids is 1. The van der Waals surface area contributed by atoms with Gasteiger partial charge in [-0.1, -0.05) is 0 Å². The molecule has 1 aromatic heterocycles. The van der Waals surface area contributed by atoms with E-state index in [4.69, 9.17) is 9.84 Å². The van der Waals surface area contributed by atoms with Crippen LogP contribution in [0.5, 0.6) is 0 Å². The van der Waals surface area contributed by atoms with Crippen LogP contribution >= 0.6 is 0 Å². The number of hydrogen-bond donors (Lipinski definition) is 2. The normalized spacial score (nSPS) is 10.1. The number of hydrogen-bond acceptors (Lipinski definition) is 4. The summed E-state index contributed by atoms with van der Waals surface area (Å²) in [6, 6.07) is 1.12. The molecule has 0 aromatic carbocycles. The number of anilines is 1. The van der Waals surface area contributed by atoms with Gasteiger partial charge in [-0.3, -0.25) is 0 Å². The minimum Gasteiger partial charge on any atom is -0.478 e. The molecule has 0 aliphatic heterocycles. The Hall–Kier alpha value is -1.69. The standard InChI is InChI=1S/C10H13FN2O3/c1-2-16-6-5-13-9-8(11)7(10(14)15)3-4-12-9/h3-4H,2,5-6H2,1H3,(H,12,13)(H,14,15). The lowest BCUT2D eigenvalue weighted by Crippen LogP contribution is -2.13. The summed E-state index contributed by atoms with van der Waals surface area (Å²) < 4.78 is 18.5. The summed E-state index contributed by atoms with van der Waals surface area (Å²) in [4.78, 5) is 14.3. The fourth-order valence-corrected chi connectivity index (χ4v) is 1.12. The summed E-state index contributed by atoms with van der Waals surface area (Å²) in [5.41, 5.74) is -0.395. The monoisotopic (exact) mass is 228 g/mol. The van der Waals surface area contributed by atoms with Crippen molar-refractivity contribution in [1.29, 1.82) is 0 Å². The van der Waals surface area contributed by atoms with Gasteiger partial charge in [-0.25, -0.2) is 14.2 Å². The number of carboxylic acids is 1. The van der Waals surface area contributed by atoms with Crippen LogP contribution in [-0.4, -0.2) is 35.8 Å². The summed E-state index contributed by atoms with van der Waals surface area (Å²) in [7, 11) is 0. The Morgan fingerprint density at radius 2 is 2.44 bits per heavy atom. The van der Waals surface area contributed by atoms with Crippen molar-refractivity contribution in [2.75, 3.05) is 25.1 Å². The number of ether oxygens (including phenoxy) is 1. The summed E-state index contributed by atoms with van der Waals surface area (Å²) in [6.45, 7) is 3.21. The first kappa shape index (κ1) is 12.4. The Labute approximate surface area is 92.3 Å². The van der Waals surface area contributed by atoms with Crippen molar-refractivity contribution in [2.24, 2.45) is 0 Å². The number of carbonyl (C=O) groups is 1. The molecule has 0 saturated heterocycles. The first-order valence-electron chi connectivity index (χ1n) is 4.86. The predicted molar refractivity (Wildman–Crippen MR) is 56.1 cm³/mol. The maximum atomic E-state index is 13.5. The second-order valence-electron chi connectivity index (χ2n) is 2.95. The van der Waals surface area contributed by atoms with E-state index < -0.39 is 17.3 Å². The number of nitrogens with one attached hydrogen (secondary N) is 1. The highest BCUT2D eigenvalue weighted by molar-refractivity contribution is 5.88. The Morgan fingerprint density at radius 3 is 3.06 bits per heavy atom. The summed E-state index contributed by atoms with van der Waals surface area (Å²) in [5.74, 6) is -2.24. The van der Waals surface area contributed by atoms with E-state index in [9.17, 15) is 9.18 Å². The van der Waals surface area contributed by atoms with Crippen molar-refractivity contribution in [2.45, 2.75) is 6.92 Å². The van der Waals surface area contributed by atoms with Crippen LogP contribution in [0.15, 0.2) is 12.3 Å². The van der Waals surface area contributed by atoms with Gasteiger partial charge in [-0.15, -0.1) is 0 Å². The number of pyridine rings is 1. The van der Waals surface area contributed by atoms with E-state index in [1.807, 2.05) is 6.92 Å². The Balaban J connectivity index is 2.66. The quantitative estimate of drug-likeness (QED) is 0.719. The molecule has 0 radical (unpaired) electrons. The van der Waals surface area contributed by atoms with E-state index in [-0.39, 0.29) is 5.82 Å². The van der Waals surface area contributed by atoms with Crippen molar-refractivity contribution in [3.05, 3.63) is 23.6 Å². The highest BCUT2D eigenvalue weighted by Crippen LogP contribution is 2.14. The molecular weight excluding hydrogens is 215 g/mol. The van der Waals surface area contributed by atoms with Crippen molar-refractivity contribution in [1.82, 2.24) is 4.98 Å². The van der Waals surface area contributed by atoms with Crippen LogP contribution in [0.25, 0.3) is 0 Å². The van der Waals surface area contributed by atoms with Gasteiger partial charge in [-0.05, 0) is 13.0 Å². The minimum atomic E-state index is -1.31. The third-order valence-electron chi connectivity index (χ3n) is 1.86. The first-order valence-corrected chi connectivity index (χ1v) is 4.86. The Morgan fingerprint density at radius 1 is 1.69 bits per heavy atom. The largest absolute Gasteiger partial charge is 0.478 e. The van der Waals surface area contributed by atoms with Gasteiger partial charge >= 0.3 is 5.97 Å². The van der Waals surface area contributed by atoms with Crippen LogP contribution in [0.1, 0.15) is 17.3 Å². The number of rotatable bonds is 6. The molecule has 0 aliphatic rings. The predicted octanol–water partition coefficient (Wildman–Crippen LogP) is 1.37. The second kappa shape index (κ2) is 6.02. The lowest BCUT2D eigenvalue weighted by atomic mass is 10.2. The zero-order valence-electron chi connectivity index (χ0n) is 8.86. The smallest absolute Gasteiger partial charge is 0.338 e.